The molecule has 0 aromatic heterocycles. The molecule has 0 radical (unpaired) electrons. The molecule has 6 heteroatoms. The lowest BCUT2D eigenvalue weighted by Crippen LogP contribution is -2.09. The molecule has 2 aromatic rings. The van der Waals surface area contributed by atoms with Crippen molar-refractivity contribution >= 4 is 23.8 Å². The van der Waals surface area contributed by atoms with E-state index in [0.717, 1.165) is 16.8 Å². The van der Waals surface area contributed by atoms with Crippen LogP contribution in [-0.4, -0.2) is 36.8 Å². The lowest BCUT2D eigenvalue weighted by Gasteiger charge is -2.03. The number of ether oxygens (including phenoxy) is 1. The monoisotopic (exact) mass is 325 g/mol. The van der Waals surface area contributed by atoms with Gasteiger partial charge in [0, 0.05) is 14.1 Å². The van der Waals surface area contributed by atoms with Crippen molar-refractivity contribution < 1.29 is 14.6 Å². The zero-order chi connectivity index (χ0) is 17.4. The van der Waals surface area contributed by atoms with Gasteiger partial charge >= 0.3 is 5.97 Å². The van der Waals surface area contributed by atoms with Crippen molar-refractivity contribution in [3.05, 3.63) is 59.7 Å². The van der Waals surface area contributed by atoms with Crippen molar-refractivity contribution in [2.75, 3.05) is 20.7 Å². The molecular weight excluding hydrogens is 306 g/mol. The number of benzene rings is 2. The summed E-state index contributed by atoms with van der Waals surface area (Å²) < 4.78 is 5.09. The normalized spacial score (nSPS) is 11.1. The van der Waals surface area contributed by atoms with Gasteiger partial charge in [-0.05, 0) is 35.4 Å². The van der Waals surface area contributed by atoms with Crippen LogP contribution in [0.25, 0.3) is 12.2 Å². The summed E-state index contributed by atoms with van der Waals surface area (Å²) >= 11 is 0. The minimum absolute atomic E-state index is 0.341. The molecule has 0 atom stereocenters. The van der Waals surface area contributed by atoms with Gasteiger partial charge in [0.2, 0.25) is 0 Å². The fraction of sp³-hybridized carbons (Fsp3) is 0.167. The molecule has 1 N–H and O–H groups in total. The molecule has 0 spiro atoms. The fourth-order valence-electron chi connectivity index (χ4n) is 1.81. The van der Waals surface area contributed by atoms with E-state index in [1.54, 1.807) is 17.1 Å². The molecule has 0 saturated heterocycles. The number of hydrogen-bond donors (Lipinski definition) is 1. The smallest absolute Gasteiger partial charge is 0.341 e. The lowest BCUT2D eigenvalue weighted by molar-refractivity contribution is -0.139. The third-order valence-electron chi connectivity index (χ3n) is 2.94. The third kappa shape index (κ3) is 5.92. The summed E-state index contributed by atoms with van der Waals surface area (Å²) in [7, 11) is 3.64. The van der Waals surface area contributed by atoms with E-state index in [0.29, 0.717) is 5.75 Å². The van der Waals surface area contributed by atoms with Gasteiger partial charge in [0.1, 0.15) is 5.75 Å². The minimum Gasteiger partial charge on any atom is -0.482 e. The van der Waals surface area contributed by atoms with Crippen LogP contribution in [0.2, 0.25) is 0 Å². The summed E-state index contributed by atoms with van der Waals surface area (Å²) in [5.41, 5.74) is 2.83. The molecule has 0 heterocycles. The molecule has 0 amide bonds. The van der Waals surface area contributed by atoms with Gasteiger partial charge in [-0.3, -0.25) is 5.01 Å². The third-order valence-corrected chi connectivity index (χ3v) is 2.94. The summed E-state index contributed by atoms with van der Waals surface area (Å²) in [5, 5.41) is 18.2. The Kier molecular flexibility index (Phi) is 6.08. The number of aliphatic carboxylic acids is 1. The predicted molar refractivity (Wildman–Crippen MR) is 93.1 cm³/mol. The van der Waals surface area contributed by atoms with Crippen molar-refractivity contribution in [2.24, 2.45) is 10.3 Å². The number of rotatable bonds is 7. The number of carboxylic acid groups (broad SMARTS) is 1. The molecule has 2 aromatic carbocycles. The average Bonchev–Trinajstić information content (AvgIpc) is 2.58. The Labute approximate surface area is 140 Å². The van der Waals surface area contributed by atoms with E-state index in [1.807, 2.05) is 62.6 Å². The van der Waals surface area contributed by atoms with Crippen LogP contribution in [0.3, 0.4) is 0 Å². The highest BCUT2D eigenvalue weighted by molar-refractivity contribution is 5.70. The lowest BCUT2D eigenvalue weighted by atomic mass is 10.1. The number of carbonyl (C=O) groups is 1. The Bertz CT molecular complexity index is 720. The first-order valence-electron chi connectivity index (χ1n) is 7.35. The molecule has 6 nitrogen and oxygen atoms in total. The second-order valence-electron chi connectivity index (χ2n) is 5.21. The van der Waals surface area contributed by atoms with Crippen molar-refractivity contribution in [3.8, 4) is 5.75 Å². The van der Waals surface area contributed by atoms with Crippen LogP contribution in [-0.2, 0) is 4.79 Å². The second kappa shape index (κ2) is 8.47. The van der Waals surface area contributed by atoms with Crippen LogP contribution in [0.15, 0.2) is 58.9 Å². The zero-order valence-electron chi connectivity index (χ0n) is 13.6. The van der Waals surface area contributed by atoms with E-state index in [2.05, 4.69) is 10.3 Å². The summed E-state index contributed by atoms with van der Waals surface area (Å²) in [6, 6.07) is 14.9. The molecular formula is C18H19N3O3. The molecule has 2 rings (SSSR count). The molecule has 0 aliphatic heterocycles. The van der Waals surface area contributed by atoms with Gasteiger partial charge in [0.25, 0.3) is 0 Å². The average molecular weight is 325 g/mol. The first kappa shape index (κ1) is 17.2. The van der Waals surface area contributed by atoms with Crippen LogP contribution in [0.5, 0.6) is 5.75 Å². The van der Waals surface area contributed by atoms with Gasteiger partial charge in [-0.1, -0.05) is 41.6 Å². The summed E-state index contributed by atoms with van der Waals surface area (Å²) in [4.78, 5) is 10.4. The summed E-state index contributed by atoms with van der Waals surface area (Å²) in [6.45, 7) is -0.341. The van der Waals surface area contributed by atoms with Crippen LogP contribution < -0.4 is 4.74 Å². The quantitative estimate of drug-likeness (QED) is 0.476. The fourth-order valence-corrected chi connectivity index (χ4v) is 1.81. The highest BCUT2D eigenvalue weighted by Gasteiger charge is 1.98. The molecule has 0 bridgehead atoms. The van der Waals surface area contributed by atoms with Gasteiger partial charge in [0.05, 0.1) is 5.69 Å². The van der Waals surface area contributed by atoms with E-state index in [1.165, 1.54) is 0 Å². The molecule has 0 unspecified atom stereocenters. The van der Waals surface area contributed by atoms with Crippen molar-refractivity contribution in [3.63, 3.8) is 0 Å². The van der Waals surface area contributed by atoms with E-state index >= 15 is 0 Å². The first-order valence-corrected chi connectivity index (χ1v) is 7.35. The molecule has 0 fully saturated rings. The van der Waals surface area contributed by atoms with Crippen molar-refractivity contribution in [1.29, 1.82) is 0 Å². The molecule has 24 heavy (non-hydrogen) atoms. The number of carboxylic acids is 1. The van der Waals surface area contributed by atoms with Gasteiger partial charge in [0.15, 0.2) is 6.61 Å². The highest BCUT2D eigenvalue weighted by atomic mass is 16.5. The van der Waals surface area contributed by atoms with Crippen LogP contribution in [0.1, 0.15) is 11.1 Å². The molecule has 0 saturated carbocycles. The zero-order valence-corrected chi connectivity index (χ0v) is 13.6. The summed E-state index contributed by atoms with van der Waals surface area (Å²) in [5.74, 6) is -0.460. The number of nitrogens with zero attached hydrogens (tertiary/aromatic N) is 3. The second-order valence-corrected chi connectivity index (χ2v) is 5.21. The maximum Gasteiger partial charge on any atom is 0.341 e. The minimum atomic E-state index is -0.993. The largest absolute Gasteiger partial charge is 0.482 e. The van der Waals surface area contributed by atoms with Gasteiger partial charge < -0.3 is 9.84 Å². The maximum atomic E-state index is 10.4. The standard InChI is InChI=1S/C18H19N3O3/c1-21(2)20-19-16-9-5-14(6-10-16)3-4-15-7-11-17(12-8-15)24-13-18(22)23/h3-12H,13H2,1-2H3,(H,22,23)/b4-3-,20-19?. The first-order chi connectivity index (χ1) is 11.5. The Morgan fingerprint density at radius 1 is 1.04 bits per heavy atom. The van der Waals surface area contributed by atoms with Gasteiger partial charge in [-0.15, -0.1) is 5.11 Å². The highest BCUT2D eigenvalue weighted by Crippen LogP contribution is 2.17. The predicted octanol–water partition coefficient (Wildman–Crippen LogP) is 3.88. The van der Waals surface area contributed by atoms with Crippen LogP contribution >= 0.6 is 0 Å². The topological polar surface area (TPSA) is 74.5 Å². The SMILES string of the molecule is CN(C)N=Nc1ccc(/C=C\c2ccc(OCC(=O)O)cc2)cc1. The van der Waals surface area contributed by atoms with Crippen molar-refractivity contribution in [2.45, 2.75) is 0 Å². The van der Waals surface area contributed by atoms with E-state index < -0.39 is 5.97 Å². The Morgan fingerprint density at radius 2 is 1.58 bits per heavy atom. The van der Waals surface area contributed by atoms with Gasteiger partial charge in [-0.25, -0.2) is 4.79 Å². The molecule has 124 valence electrons. The number of hydrogen-bond acceptors (Lipinski definition) is 4. The Morgan fingerprint density at radius 3 is 2.08 bits per heavy atom. The van der Waals surface area contributed by atoms with Crippen LogP contribution in [0, 0.1) is 0 Å². The summed E-state index contributed by atoms with van der Waals surface area (Å²) in [6.07, 6.45) is 3.96. The van der Waals surface area contributed by atoms with E-state index in [4.69, 9.17) is 9.84 Å². The van der Waals surface area contributed by atoms with Gasteiger partial charge in [-0.2, -0.15) is 0 Å². The maximum absolute atomic E-state index is 10.4. The molecule has 0 aliphatic carbocycles. The van der Waals surface area contributed by atoms with E-state index in [9.17, 15) is 4.79 Å². The molecule has 0 aliphatic rings. The van der Waals surface area contributed by atoms with E-state index in [-0.39, 0.29) is 6.61 Å². The van der Waals surface area contributed by atoms with Crippen molar-refractivity contribution in [1.82, 2.24) is 5.01 Å². The Balaban J connectivity index is 1.96. The van der Waals surface area contributed by atoms with Crippen LogP contribution in [0.4, 0.5) is 5.69 Å². The Hall–Kier alpha value is -3.15.